The van der Waals surface area contributed by atoms with E-state index in [9.17, 15) is 9.59 Å². The van der Waals surface area contributed by atoms with Crippen LogP contribution in [0.4, 0.5) is 10.1 Å². The second kappa shape index (κ2) is 9.39. The molecule has 3 aliphatic rings. The van der Waals surface area contributed by atoms with Crippen LogP contribution in [0.25, 0.3) is 27.4 Å². The average Bonchev–Trinajstić information content (AvgIpc) is 3.67. The number of ether oxygens (including phenoxy) is 1. The van der Waals surface area contributed by atoms with Crippen LogP contribution in [-0.2, 0) is 0 Å². The van der Waals surface area contributed by atoms with Crippen molar-refractivity contribution in [2.45, 2.75) is 24.8 Å². The number of fused-ring (bicyclic) bond motifs is 3. The zero-order valence-corrected chi connectivity index (χ0v) is 22.8. The van der Waals surface area contributed by atoms with Gasteiger partial charge in [-0.05, 0) is 53.4 Å². The maximum absolute atomic E-state index is 16.0. The predicted molar refractivity (Wildman–Crippen MR) is 159 cm³/mol. The first kappa shape index (κ1) is 25.0. The third-order valence-electron chi connectivity index (χ3n) is 8.87. The highest BCUT2D eigenvalue weighted by Crippen LogP contribution is 2.48. The van der Waals surface area contributed by atoms with Crippen molar-refractivity contribution < 1.29 is 13.9 Å². The van der Waals surface area contributed by atoms with E-state index in [1.54, 1.807) is 17.3 Å². The molecule has 5 aromatic rings. The molecule has 3 aromatic carbocycles. The van der Waals surface area contributed by atoms with Crippen molar-refractivity contribution in [1.29, 1.82) is 0 Å². The van der Waals surface area contributed by atoms with Gasteiger partial charge in [0, 0.05) is 56.7 Å². The Morgan fingerprint density at radius 1 is 1.02 bits per heavy atom. The van der Waals surface area contributed by atoms with Crippen LogP contribution in [0.2, 0.25) is 0 Å². The van der Waals surface area contributed by atoms with Crippen molar-refractivity contribution in [3.05, 3.63) is 100 Å². The number of aromatic nitrogens is 2. The number of hydrogen-bond acceptors (Lipinski definition) is 6. The molecule has 2 aromatic heterocycles. The highest BCUT2D eigenvalue weighted by molar-refractivity contribution is 6.02. The van der Waals surface area contributed by atoms with Crippen molar-refractivity contribution in [2.24, 2.45) is 5.73 Å². The van der Waals surface area contributed by atoms with Gasteiger partial charge in [-0.25, -0.2) is 4.39 Å². The number of benzene rings is 3. The molecule has 0 spiro atoms. The Morgan fingerprint density at radius 3 is 2.62 bits per heavy atom. The Bertz CT molecular complexity index is 1970. The second-order valence-corrected chi connectivity index (χ2v) is 11.5. The Balaban J connectivity index is 1.31. The van der Waals surface area contributed by atoms with E-state index in [-0.39, 0.29) is 34.6 Å². The molecular weight excluding hydrogens is 533 g/mol. The Hall–Kier alpha value is -4.76. The van der Waals surface area contributed by atoms with Crippen LogP contribution in [0.5, 0.6) is 11.5 Å². The zero-order valence-electron chi connectivity index (χ0n) is 22.8. The summed E-state index contributed by atoms with van der Waals surface area (Å²) in [5, 5.41) is 2.06. The molecule has 2 fully saturated rings. The lowest BCUT2D eigenvalue weighted by molar-refractivity contribution is 0.0789. The highest BCUT2D eigenvalue weighted by Gasteiger charge is 2.35. The van der Waals surface area contributed by atoms with Crippen molar-refractivity contribution in [2.75, 3.05) is 31.1 Å². The molecule has 0 aliphatic carbocycles. The lowest BCUT2D eigenvalue weighted by Crippen LogP contribution is -2.33. The molecule has 0 bridgehead atoms. The molecular formula is C33H28FN5O3. The van der Waals surface area contributed by atoms with Crippen molar-refractivity contribution in [3.63, 3.8) is 0 Å². The fourth-order valence-corrected chi connectivity index (χ4v) is 6.73. The summed E-state index contributed by atoms with van der Waals surface area (Å²) >= 11 is 0. The molecule has 2 saturated heterocycles. The van der Waals surface area contributed by atoms with Crippen LogP contribution >= 0.6 is 0 Å². The summed E-state index contributed by atoms with van der Waals surface area (Å²) < 4.78 is 24.3. The van der Waals surface area contributed by atoms with Gasteiger partial charge < -0.3 is 24.8 Å². The number of nitrogens with zero attached hydrogens (tertiary/aromatic N) is 4. The highest BCUT2D eigenvalue weighted by atomic mass is 19.1. The van der Waals surface area contributed by atoms with Crippen molar-refractivity contribution in [1.82, 2.24) is 14.5 Å². The third-order valence-corrected chi connectivity index (χ3v) is 8.87. The topological polar surface area (TPSA) is 93.7 Å². The molecule has 5 heterocycles. The summed E-state index contributed by atoms with van der Waals surface area (Å²) in [6.07, 6.45) is 6.67. The van der Waals surface area contributed by atoms with Crippen LogP contribution in [0, 0.1) is 5.82 Å². The normalized spacial score (nSPS) is 19.4. The number of halogens is 1. The first-order valence-electron chi connectivity index (χ1n) is 14.3. The van der Waals surface area contributed by atoms with Crippen LogP contribution < -0.4 is 20.8 Å². The first-order valence-corrected chi connectivity index (χ1v) is 14.3. The monoisotopic (exact) mass is 561 g/mol. The smallest absolute Gasteiger partial charge is 0.259 e. The van der Waals surface area contributed by atoms with E-state index in [0.717, 1.165) is 29.2 Å². The number of nitrogens with two attached hydrogens (primary N) is 1. The van der Waals surface area contributed by atoms with Crippen LogP contribution in [0.3, 0.4) is 0 Å². The largest absolute Gasteiger partial charge is 0.451 e. The maximum Gasteiger partial charge on any atom is 0.259 e. The van der Waals surface area contributed by atoms with Crippen LogP contribution in [0.1, 0.15) is 34.7 Å². The number of pyridine rings is 2. The van der Waals surface area contributed by atoms with Crippen molar-refractivity contribution >= 4 is 33.3 Å². The minimum atomic E-state index is -0.568. The molecule has 0 saturated carbocycles. The van der Waals surface area contributed by atoms with E-state index in [4.69, 9.17) is 10.5 Å². The van der Waals surface area contributed by atoms with E-state index >= 15 is 4.39 Å². The molecule has 3 aliphatic heterocycles. The molecule has 8 nitrogen and oxygen atoms in total. The average molecular weight is 562 g/mol. The van der Waals surface area contributed by atoms with E-state index in [0.29, 0.717) is 48.8 Å². The zero-order chi connectivity index (χ0) is 28.5. The molecule has 9 heteroatoms. The molecule has 1 amide bonds. The lowest BCUT2D eigenvalue weighted by atomic mass is 10.0. The summed E-state index contributed by atoms with van der Waals surface area (Å²) in [6, 6.07) is 16.9. The van der Waals surface area contributed by atoms with Crippen LogP contribution in [-0.4, -0.2) is 52.6 Å². The van der Waals surface area contributed by atoms with E-state index in [1.165, 1.54) is 6.07 Å². The van der Waals surface area contributed by atoms with Gasteiger partial charge in [-0.15, -0.1) is 0 Å². The minimum Gasteiger partial charge on any atom is -0.451 e. The SMILES string of the molecule is NC1CCN(c2c(F)cc3c(=O)c(C(=O)N4CCC(c5cccnc5)C4)cn4c3c2Oc2cc3ccccc3cc2-4)C1. The molecule has 2 atom stereocenters. The number of likely N-dealkylation sites (tertiary alicyclic amines) is 1. The Morgan fingerprint density at radius 2 is 1.86 bits per heavy atom. The van der Waals surface area contributed by atoms with E-state index in [2.05, 4.69) is 4.98 Å². The standard InChI is InChI=1S/C33H28FN5O3/c34-26-14-24-29-32(30(26)37-11-8-23(35)17-37)42-28-13-20-5-2-1-4-19(20)12-27(28)39(29)18-25(31(24)40)33(41)38-10-7-22(16-38)21-6-3-9-36-15-21/h1-6,9,12-15,18,22-23H,7-8,10-11,16-17,35H2. The summed E-state index contributed by atoms with van der Waals surface area (Å²) in [7, 11) is 0. The molecule has 0 radical (unpaired) electrons. The first-order chi connectivity index (χ1) is 20.5. The molecule has 2 N–H and O–H groups in total. The number of anilines is 1. The van der Waals surface area contributed by atoms with E-state index < -0.39 is 11.2 Å². The Labute approximate surface area is 240 Å². The van der Waals surface area contributed by atoms with Gasteiger partial charge >= 0.3 is 0 Å². The van der Waals surface area contributed by atoms with Gasteiger partial charge in [-0.3, -0.25) is 14.6 Å². The summed E-state index contributed by atoms with van der Waals surface area (Å²) in [6.45, 7) is 2.07. The molecule has 210 valence electrons. The lowest BCUT2D eigenvalue weighted by Gasteiger charge is -2.29. The number of carbonyl (C=O) groups is 1. The quantitative estimate of drug-likeness (QED) is 0.329. The van der Waals surface area contributed by atoms with E-state index in [1.807, 2.05) is 64.2 Å². The van der Waals surface area contributed by atoms with Crippen molar-refractivity contribution in [3.8, 4) is 17.2 Å². The van der Waals surface area contributed by atoms with Gasteiger partial charge in [0.25, 0.3) is 5.91 Å². The van der Waals surface area contributed by atoms with Gasteiger partial charge in [0.2, 0.25) is 5.43 Å². The molecule has 2 unspecified atom stereocenters. The van der Waals surface area contributed by atoms with Gasteiger partial charge in [-0.1, -0.05) is 30.3 Å². The number of rotatable bonds is 3. The third kappa shape index (κ3) is 3.80. The fourth-order valence-electron chi connectivity index (χ4n) is 6.73. The minimum absolute atomic E-state index is 0.0108. The molecule has 8 rings (SSSR count). The van der Waals surface area contributed by atoms with Gasteiger partial charge in [0.15, 0.2) is 17.3 Å². The molecule has 42 heavy (non-hydrogen) atoms. The summed E-state index contributed by atoms with van der Waals surface area (Å²) in [4.78, 5) is 35.7. The number of amides is 1. The summed E-state index contributed by atoms with van der Waals surface area (Å²) in [5.41, 5.74) is 8.18. The second-order valence-electron chi connectivity index (χ2n) is 11.5. The van der Waals surface area contributed by atoms with Crippen LogP contribution in [0.15, 0.2) is 78.0 Å². The predicted octanol–water partition coefficient (Wildman–Crippen LogP) is 4.95. The number of carbonyl (C=O) groups excluding carboxylic acids is 1. The van der Waals surface area contributed by atoms with Gasteiger partial charge in [-0.2, -0.15) is 0 Å². The van der Waals surface area contributed by atoms with Gasteiger partial charge in [0.05, 0.1) is 11.1 Å². The summed E-state index contributed by atoms with van der Waals surface area (Å²) in [5.74, 6) is 0.0148. The number of hydrogen-bond donors (Lipinski definition) is 1. The van der Waals surface area contributed by atoms with Gasteiger partial charge in [0.1, 0.15) is 16.8 Å². The Kier molecular flexibility index (Phi) is 5.59. The fraction of sp³-hybridized carbons (Fsp3) is 0.242. The maximum atomic E-state index is 16.0.